The number of rotatable bonds is 6. The van der Waals surface area contributed by atoms with Gasteiger partial charge in [0.25, 0.3) is 0 Å². The van der Waals surface area contributed by atoms with Crippen molar-refractivity contribution in [1.82, 2.24) is 10.3 Å². The number of aromatic amines is 1. The Hall–Kier alpha value is -2.62. The Kier molecular flexibility index (Phi) is 5.52. The zero-order chi connectivity index (χ0) is 16.8. The molecule has 0 aliphatic rings. The predicted octanol–water partition coefficient (Wildman–Crippen LogP) is 2.97. The zero-order valence-electron chi connectivity index (χ0n) is 13.6. The van der Waals surface area contributed by atoms with Crippen LogP contribution in [0.25, 0.3) is 0 Å². The van der Waals surface area contributed by atoms with Crippen molar-refractivity contribution in [2.45, 2.75) is 32.7 Å². The van der Waals surface area contributed by atoms with Gasteiger partial charge in [-0.25, -0.2) is 0 Å². The number of allylic oxidation sites excluding steroid dienone is 1. The molecule has 0 fully saturated rings. The molecule has 1 aromatic heterocycles. The van der Waals surface area contributed by atoms with Crippen molar-refractivity contribution in [1.29, 1.82) is 0 Å². The number of H-pyrrole nitrogens is 1. The van der Waals surface area contributed by atoms with Gasteiger partial charge in [-0.05, 0) is 25.8 Å². The minimum Gasteiger partial charge on any atom is -0.363 e. The Bertz CT molecular complexity index is 748. The van der Waals surface area contributed by atoms with Crippen LogP contribution in [-0.2, 0) is 11.3 Å². The van der Waals surface area contributed by atoms with Crippen molar-refractivity contribution < 1.29 is 4.79 Å². The first-order valence-electron chi connectivity index (χ1n) is 7.66. The normalized spacial score (nSPS) is 11.7. The van der Waals surface area contributed by atoms with Crippen LogP contribution in [0, 0.1) is 13.8 Å². The van der Waals surface area contributed by atoms with Crippen LogP contribution in [0.3, 0.4) is 0 Å². The van der Waals surface area contributed by atoms with Crippen LogP contribution in [0.5, 0.6) is 0 Å². The van der Waals surface area contributed by atoms with Gasteiger partial charge in [-0.15, -0.1) is 6.58 Å². The fourth-order valence-electron chi connectivity index (χ4n) is 2.53. The molecule has 1 amide bonds. The van der Waals surface area contributed by atoms with E-state index in [9.17, 15) is 9.59 Å². The second-order valence-corrected chi connectivity index (χ2v) is 5.61. The Labute approximate surface area is 136 Å². The summed E-state index contributed by atoms with van der Waals surface area (Å²) in [7, 11) is 0. The van der Waals surface area contributed by atoms with Gasteiger partial charge in [0.05, 0.1) is 12.5 Å². The van der Waals surface area contributed by atoms with Crippen LogP contribution >= 0.6 is 0 Å². The quantitative estimate of drug-likeness (QED) is 0.806. The van der Waals surface area contributed by atoms with Crippen LogP contribution in [0.4, 0.5) is 0 Å². The lowest BCUT2D eigenvalue weighted by Gasteiger charge is -2.16. The maximum Gasteiger partial charge on any atom is 0.228 e. The van der Waals surface area contributed by atoms with Gasteiger partial charge in [0.1, 0.15) is 0 Å². The van der Waals surface area contributed by atoms with E-state index in [-0.39, 0.29) is 17.3 Å². The second-order valence-electron chi connectivity index (χ2n) is 5.61. The fourth-order valence-corrected chi connectivity index (χ4v) is 2.53. The molecule has 0 aliphatic heterocycles. The molecule has 120 valence electrons. The van der Waals surface area contributed by atoms with Gasteiger partial charge in [-0.3, -0.25) is 9.59 Å². The molecule has 23 heavy (non-hydrogen) atoms. The smallest absolute Gasteiger partial charge is 0.228 e. The molecule has 1 atom stereocenters. The summed E-state index contributed by atoms with van der Waals surface area (Å²) in [5.41, 5.74) is 3.02. The topological polar surface area (TPSA) is 62.0 Å². The molecule has 0 radical (unpaired) electrons. The van der Waals surface area contributed by atoms with E-state index < -0.39 is 0 Å². The van der Waals surface area contributed by atoms with Gasteiger partial charge < -0.3 is 10.3 Å². The van der Waals surface area contributed by atoms with Gasteiger partial charge in [0.15, 0.2) is 5.43 Å². The van der Waals surface area contributed by atoms with Gasteiger partial charge in [0, 0.05) is 23.0 Å². The molecule has 0 saturated carbocycles. The standard InChI is InChI=1S/C19H22N2O2/c1-4-8-16(15-9-6-5-7-10-15)19(23)21-12-17-14(3)18(22)13(2)11-20-17/h4-7,9-11,16H,1,8,12H2,2-3H3,(H,20,22)(H,21,23). The first-order chi connectivity index (χ1) is 11.0. The number of carbonyl (C=O) groups excluding carboxylic acids is 1. The molecule has 2 rings (SSSR count). The summed E-state index contributed by atoms with van der Waals surface area (Å²) in [6.07, 6.45) is 3.99. The van der Waals surface area contributed by atoms with Gasteiger partial charge in [-0.2, -0.15) is 0 Å². The molecule has 0 saturated heterocycles. The lowest BCUT2D eigenvalue weighted by molar-refractivity contribution is -0.122. The maximum atomic E-state index is 12.5. The van der Waals surface area contributed by atoms with Crippen molar-refractivity contribution in [2.24, 2.45) is 0 Å². The van der Waals surface area contributed by atoms with E-state index in [0.29, 0.717) is 24.1 Å². The zero-order valence-corrected chi connectivity index (χ0v) is 13.6. The fraction of sp³-hybridized carbons (Fsp3) is 0.263. The third kappa shape index (κ3) is 3.97. The number of pyridine rings is 1. The predicted molar refractivity (Wildman–Crippen MR) is 92.4 cm³/mol. The van der Waals surface area contributed by atoms with E-state index in [1.807, 2.05) is 30.3 Å². The number of amides is 1. The van der Waals surface area contributed by atoms with Gasteiger partial charge >= 0.3 is 0 Å². The molecule has 0 spiro atoms. The molecule has 4 heteroatoms. The molecule has 0 bridgehead atoms. The monoisotopic (exact) mass is 310 g/mol. The van der Waals surface area contributed by atoms with Crippen molar-refractivity contribution in [3.63, 3.8) is 0 Å². The number of nitrogens with one attached hydrogen (secondary N) is 2. The SMILES string of the molecule is C=CCC(C(=O)NCc1[nH]cc(C)c(=O)c1C)c1ccccc1. The van der Waals surface area contributed by atoms with Crippen LogP contribution < -0.4 is 10.7 Å². The Balaban J connectivity index is 2.12. The molecular weight excluding hydrogens is 288 g/mol. The lowest BCUT2D eigenvalue weighted by atomic mass is 9.95. The summed E-state index contributed by atoms with van der Waals surface area (Å²) in [5.74, 6) is -0.344. The third-order valence-electron chi connectivity index (χ3n) is 3.97. The largest absolute Gasteiger partial charge is 0.363 e. The van der Waals surface area contributed by atoms with Gasteiger partial charge in [0.2, 0.25) is 5.91 Å². The van der Waals surface area contributed by atoms with E-state index in [4.69, 9.17) is 0 Å². The third-order valence-corrected chi connectivity index (χ3v) is 3.97. The van der Waals surface area contributed by atoms with Crippen molar-refractivity contribution in [3.8, 4) is 0 Å². The first-order valence-corrected chi connectivity index (χ1v) is 7.66. The van der Waals surface area contributed by atoms with Crippen LogP contribution in [0.2, 0.25) is 0 Å². The molecule has 1 heterocycles. The lowest BCUT2D eigenvalue weighted by Crippen LogP contribution is -2.30. The Morgan fingerprint density at radius 2 is 2.00 bits per heavy atom. The summed E-state index contributed by atoms with van der Waals surface area (Å²) >= 11 is 0. The number of benzene rings is 1. The van der Waals surface area contributed by atoms with Gasteiger partial charge in [-0.1, -0.05) is 36.4 Å². The number of aryl methyl sites for hydroxylation is 1. The Morgan fingerprint density at radius 1 is 1.30 bits per heavy atom. The van der Waals surface area contributed by atoms with Crippen molar-refractivity contribution in [3.05, 3.63) is 81.8 Å². The van der Waals surface area contributed by atoms with Crippen molar-refractivity contribution >= 4 is 5.91 Å². The van der Waals surface area contributed by atoms with Crippen molar-refractivity contribution in [2.75, 3.05) is 0 Å². The van der Waals surface area contributed by atoms with E-state index in [1.165, 1.54) is 0 Å². The first kappa shape index (κ1) is 16.7. The summed E-state index contributed by atoms with van der Waals surface area (Å²) in [6, 6.07) is 9.63. The minimum absolute atomic E-state index is 0.0127. The maximum absolute atomic E-state index is 12.5. The number of aromatic nitrogens is 1. The summed E-state index contributed by atoms with van der Waals surface area (Å²) in [5, 5.41) is 2.91. The van der Waals surface area contributed by atoms with E-state index >= 15 is 0 Å². The Morgan fingerprint density at radius 3 is 2.65 bits per heavy atom. The molecule has 1 unspecified atom stereocenters. The summed E-state index contributed by atoms with van der Waals surface area (Å²) in [6.45, 7) is 7.58. The number of carbonyl (C=O) groups is 1. The van der Waals surface area contributed by atoms with E-state index in [2.05, 4.69) is 16.9 Å². The molecule has 4 nitrogen and oxygen atoms in total. The molecule has 1 aromatic carbocycles. The highest BCUT2D eigenvalue weighted by atomic mass is 16.1. The molecule has 2 aromatic rings. The van der Waals surface area contributed by atoms with Crippen LogP contribution in [-0.4, -0.2) is 10.9 Å². The molecule has 2 N–H and O–H groups in total. The highest BCUT2D eigenvalue weighted by molar-refractivity contribution is 5.83. The second kappa shape index (κ2) is 7.58. The van der Waals surface area contributed by atoms with E-state index in [1.54, 1.807) is 26.1 Å². The summed E-state index contributed by atoms with van der Waals surface area (Å²) < 4.78 is 0. The van der Waals surface area contributed by atoms with Crippen LogP contribution in [0.15, 0.2) is 54.0 Å². The molecule has 0 aliphatic carbocycles. The number of hydrogen-bond acceptors (Lipinski definition) is 2. The minimum atomic E-state index is -0.272. The molecular formula is C19H22N2O2. The van der Waals surface area contributed by atoms with Crippen LogP contribution in [0.1, 0.15) is 34.7 Å². The highest BCUT2D eigenvalue weighted by Crippen LogP contribution is 2.20. The highest BCUT2D eigenvalue weighted by Gasteiger charge is 2.19. The van der Waals surface area contributed by atoms with E-state index in [0.717, 1.165) is 11.3 Å². The number of hydrogen-bond donors (Lipinski definition) is 2. The average molecular weight is 310 g/mol. The average Bonchev–Trinajstić information content (AvgIpc) is 2.57. The summed E-state index contributed by atoms with van der Waals surface area (Å²) in [4.78, 5) is 27.5.